The molecule has 0 saturated carbocycles. The zero-order valence-corrected chi connectivity index (χ0v) is 15.6. The summed E-state index contributed by atoms with van der Waals surface area (Å²) in [5.74, 6) is -0.200. The summed E-state index contributed by atoms with van der Waals surface area (Å²) in [6, 6.07) is 18.0. The van der Waals surface area contributed by atoms with Gasteiger partial charge in [-0.15, -0.1) is 4.73 Å². The van der Waals surface area contributed by atoms with Gasteiger partial charge < -0.3 is 25.6 Å². The van der Waals surface area contributed by atoms with Crippen LogP contribution in [0.5, 0.6) is 5.88 Å². The van der Waals surface area contributed by atoms with Crippen molar-refractivity contribution in [2.45, 2.75) is 5.60 Å². The molecule has 0 spiro atoms. The van der Waals surface area contributed by atoms with E-state index in [1.54, 1.807) is 24.3 Å². The Kier molecular flexibility index (Phi) is 4.77. The summed E-state index contributed by atoms with van der Waals surface area (Å²) in [6.45, 7) is 0. The summed E-state index contributed by atoms with van der Waals surface area (Å²) in [5, 5.41) is 50.9. The van der Waals surface area contributed by atoms with Crippen molar-refractivity contribution in [2.24, 2.45) is 0 Å². The molecule has 4 aromatic rings. The molecule has 4 rings (SSSR count). The minimum absolute atomic E-state index is 0.0690. The van der Waals surface area contributed by atoms with Crippen molar-refractivity contribution in [2.75, 3.05) is 0 Å². The molecule has 4 aromatic heterocycles. The molecule has 0 saturated heterocycles. The minimum Gasteiger partial charge on any atom is -0.618 e. The van der Waals surface area contributed by atoms with Crippen LogP contribution in [0.25, 0.3) is 0 Å². The topological polar surface area (TPSA) is 117 Å². The van der Waals surface area contributed by atoms with Crippen LogP contribution >= 0.6 is 0 Å². The van der Waals surface area contributed by atoms with Gasteiger partial charge in [0.05, 0.1) is 6.07 Å². The average Bonchev–Trinajstić information content (AvgIpc) is 2.75. The van der Waals surface area contributed by atoms with Crippen LogP contribution in [0.3, 0.4) is 0 Å². The molecule has 150 valence electrons. The van der Waals surface area contributed by atoms with E-state index in [4.69, 9.17) is 4.74 Å². The van der Waals surface area contributed by atoms with Crippen LogP contribution in [0.15, 0.2) is 97.6 Å². The Morgan fingerprint density at radius 1 is 0.500 bits per heavy atom. The lowest BCUT2D eigenvalue weighted by atomic mass is 9.89. The van der Waals surface area contributed by atoms with Gasteiger partial charge in [0.15, 0.2) is 24.8 Å². The number of hydrogen-bond donors (Lipinski definition) is 0. The van der Waals surface area contributed by atoms with Gasteiger partial charge in [0, 0.05) is 42.5 Å². The number of pyridine rings is 4. The molecule has 0 aliphatic carbocycles. The highest BCUT2D eigenvalue weighted by atomic mass is 16.6. The van der Waals surface area contributed by atoms with Gasteiger partial charge in [-0.25, -0.2) is 0 Å². The lowest BCUT2D eigenvalue weighted by Crippen LogP contribution is -2.58. The largest absolute Gasteiger partial charge is 0.618 e. The number of ether oxygens (including phenoxy) is 1. The maximum absolute atomic E-state index is 12.8. The third kappa shape index (κ3) is 3.08. The highest BCUT2D eigenvalue weighted by Crippen LogP contribution is 2.35. The van der Waals surface area contributed by atoms with Crippen LogP contribution in [0.2, 0.25) is 0 Å². The van der Waals surface area contributed by atoms with Gasteiger partial charge in [-0.05, 0) is 24.3 Å². The molecule has 0 radical (unpaired) electrons. The molecule has 0 fully saturated rings. The first-order valence-electron chi connectivity index (χ1n) is 8.97. The predicted octanol–water partition coefficient (Wildman–Crippen LogP) is 0.591. The highest BCUT2D eigenvalue weighted by Gasteiger charge is 2.58. The summed E-state index contributed by atoms with van der Waals surface area (Å²) >= 11 is 0. The van der Waals surface area contributed by atoms with Gasteiger partial charge in [0.25, 0.3) is 17.1 Å². The summed E-state index contributed by atoms with van der Waals surface area (Å²) < 4.78 is 8.06. The third-order valence-electron chi connectivity index (χ3n) is 4.60. The summed E-state index contributed by atoms with van der Waals surface area (Å²) in [5.41, 5.74) is -2.23. The Labute approximate surface area is 171 Å². The van der Waals surface area contributed by atoms with Crippen LogP contribution < -0.4 is 23.7 Å². The maximum atomic E-state index is 12.8. The van der Waals surface area contributed by atoms with E-state index in [2.05, 4.69) is 0 Å². The molecule has 0 aliphatic rings. The van der Waals surface area contributed by atoms with Gasteiger partial charge in [0.1, 0.15) is 0 Å². The normalized spacial score (nSPS) is 11.2. The Bertz CT molecular complexity index is 1090. The fourth-order valence-corrected chi connectivity index (χ4v) is 3.30. The Morgan fingerprint density at radius 2 is 0.867 bits per heavy atom. The fraction of sp³-hybridized carbons (Fsp3) is 0.0476. The second kappa shape index (κ2) is 7.55. The summed E-state index contributed by atoms with van der Waals surface area (Å²) in [4.78, 5) is 0. The summed E-state index contributed by atoms with van der Waals surface area (Å²) in [6.07, 6.45) is 4.88. The van der Waals surface area contributed by atoms with Gasteiger partial charge in [-0.1, -0.05) is 0 Å². The van der Waals surface area contributed by atoms with Crippen LogP contribution in [0, 0.1) is 20.8 Å². The number of aromatic nitrogens is 4. The first kappa shape index (κ1) is 18.9. The Hall–Kier alpha value is -4.40. The van der Waals surface area contributed by atoms with Gasteiger partial charge in [-0.3, -0.25) is 0 Å². The quantitative estimate of drug-likeness (QED) is 0.356. The molecule has 0 aliphatic heterocycles. The zero-order valence-electron chi connectivity index (χ0n) is 15.6. The predicted molar refractivity (Wildman–Crippen MR) is 102 cm³/mol. The van der Waals surface area contributed by atoms with Gasteiger partial charge >= 0.3 is 11.5 Å². The molecule has 30 heavy (non-hydrogen) atoms. The van der Waals surface area contributed by atoms with E-state index in [0.717, 1.165) is 0 Å². The lowest BCUT2D eigenvalue weighted by Gasteiger charge is -2.27. The molecule has 9 heteroatoms. The molecular weight excluding hydrogens is 388 g/mol. The summed E-state index contributed by atoms with van der Waals surface area (Å²) in [7, 11) is 0. The molecule has 0 unspecified atom stereocenters. The monoisotopic (exact) mass is 404 g/mol. The van der Waals surface area contributed by atoms with Crippen molar-refractivity contribution in [3.63, 3.8) is 0 Å². The molecule has 9 nitrogen and oxygen atoms in total. The van der Waals surface area contributed by atoms with E-state index in [1.807, 2.05) is 0 Å². The smallest absolute Gasteiger partial charge is 0.381 e. The van der Waals surface area contributed by atoms with E-state index >= 15 is 0 Å². The Morgan fingerprint density at radius 3 is 1.23 bits per heavy atom. The van der Waals surface area contributed by atoms with Crippen LogP contribution in [0.1, 0.15) is 17.1 Å². The Balaban J connectivity index is 2.14. The lowest BCUT2D eigenvalue weighted by molar-refractivity contribution is -0.664. The number of nitrogens with zero attached hydrogens (tertiary/aromatic N) is 4. The van der Waals surface area contributed by atoms with Gasteiger partial charge in [-0.2, -0.15) is 14.2 Å². The van der Waals surface area contributed by atoms with Crippen LogP contribution in [0.4, 0.5) is 0 Å². The fourth-order valence-electron chi connectivity index (χ4n) is 3.30. The van der Waals surface area contributed by atoms with Crippen molar-refractivity contribution in [3.8, 4) is 5.88 Å². The minimum atomic E-state index is -2.03. The second-order valence-corrected chi connectivity index (χ2v) is 6.38. The molecular formula is C21H16N4O5. The first-order chi connectivity index (χ1) is 14.5. The average molecular weight is 404 g/mol. The van der Waals surface area contributed by atoms with E-state index in [-0.39, 0.29) is 23.0 Å². The molecule has 0 amide bonds. The number of rotatable bonds is 5. The second-order valence-electron chi connectivity index (χ2n) is 6.38. The maximum Gasteiger partial charge on any atom is 0.381 e. The molecule has 4 heterocycles. The van der Waals surface area contributed by atoms with Crippen LogP contribution in [-0.4, -0.2) is 0 Å². The first-order valence-corrected chi connectivity index (χ1v) is 8.97. The molecule has 0 atom stereocenters. The van der Waals surface area contributed by atoms with Crippen molar-refractivity contribution in [1.82, 2.24) is 0 Å². The van der Waals surface area contributed by atoms with Gasteiger partial charge in [0.2, 0.25) is 0 Å². The highest BCUT2D eigenvalue weighted by molar-refractivity contribution is 5.35. The van der Waals surface area contributed by atoms with Crippen molar-refractivity contribution in [3.05, 3.63) is 135 Å². The van der Waals surface area contributed by atoms with Crippen molar-refractivity contribution >= 4 is 0 Å². The van der Waals surface area contributed by atoms with Crippen molar-refractivity contribution < 1.29 is 23.7 Å². The van der Waals surface area contributed by atoms with E-state index < -0.39 is 5.60 Å². The number of hydrogen-bond acceptors (Lipinski definition) is 5. The van der Waals surface area contributed by atoms with E-state index in [9.17, 15) is 20.8 Å². The zero-order chi connectivity index (χ0) is 21.1. The van der Waals surface area contributed by atoms with Crippen molar-refractivity contribution in [1.29, 1.82) is 0 Å². The van der Waals surface area contributed by atoms with E-state index in [1.165, 1.54) is 73.3 Å². The molecule has 0 aromatic carbocycles. The standard InChI is InChI=1S/C21H16N4O5/c26-22-13-5-1-9-17(22)21(18-10-2-6-14-23(18)27,19-11-3-7-15-24(19)28)30-20-12-4-8-16-25(20)29/h1-16H. The molecule has 0 N–H and O–H groups in total. The molecule has 0 bridgehead atoms. The van der Waals surface area contributed by atoms with Crippen LogP contribution in [-0.2, 0) is 5.60 Å². The van der Waals surface area contributed by atoms with E-state index in [0.29, 0.717) is 18.9 Å². The SMILES string of the molecule is [O-][n+]1ccccc1OC(c1cccc[n+]1[O-])(c1cccc[n+]1[O-])c1cccc[n+]1[O-]. The third-order valence-corrected chi connectivity index (χ3v) is 4.60.